The van der Waals surface area contributed by atoms with Crippen LogP contribution in [-0.2, 0) is 14.3 Å². The molecule has 1 heterocycles. The minimum absolute atomic E-state index is 0.0770. The van der Waals surface area contributed by atoms with E-state index in [2.05, 4.69) is 10.6 Å². The third-order valence-electron chi connectivity index (χ3n) is 6.33. The van der Waals surface area contributed by atoms with E-state index in [0.29, 0.717) is 10.6 Å². The van der Waals surface area contributed by atoms with Gasteiger partial charge in [0.1, 0.15) is 10.6 Å². The number of hydrogen-bond donors (Lipinski definition) is 2. The van der Waals surface area contributed by atoms with Gasteiger partial charge in [-0.05, 0) is 50.5 Å². The number of rotatable bonds is 9. The summed E-state index contributed by atoms with van der Waals surface area (Å²) in [7, 11) is 0. The highest BCUT2D eigenvalue weighted by Crippen LogP contribution is 2.36. The number of anilines is 2. The van der Waals surface area contributed by atoms with Gasteiger partial charge in [-0.2, -0.15) is 0 Å². The molecule has 0 atom stereocenters. The van der Waals surface area contributed by atoms with Crippen molar-refractivity contribution in [3.8, 4) is 11.1 Å². The highest BCUT2D eigenvalue weighted by atomic mass is 32.2. The third-order valence-corrected chi connectivity index (χ3v) is 8.22. The molecule has 8 heteroatoms. The molecular weight excluding hydrogens is 504 g/mol. The fourth-order valence-corrected chi connectivity index (χ4v) is 6.11. The van der Waals surface area contributed by atoms with Crippen LogP contribution in [0.4, 0.5) is 10.7 Å². The van der Waals surface area contributed by atoms with E-state index in [0.717, 1.165) is 53.0 Å². The summed E-state index contributed by atoms with van der Waals surface area (Å²) in [6, 6.07) is 15.5. The number of thiophene rings is 1. The minimum atomic E-state index is -0.455. The molecule has 4 rings (SSSR count). The molecule has 6 nitrogen and oxygen atoms in total. The van der Waals surface area contributed by atoms with Gasteiger partial charge in [0.25, 0.3) is 0 Å². The summed E-state index contributed by atoms with van der Waals surface area (Å²) < 4.78 is 5.29. The van der Waals surface area contributed by atoms with Crippen LogP contribution >= 0.6 is 23.1 Å². The monoisotopic (exact) mass is 536 g/mol. The number of hydrogen-bond acceptors (Lipinski definition) is 6. The molecule has 0 bridgehead atoms. The number of aryl methyl sites for hydroxylation is 1. The molecule has 3 aromatic rings. The maximum absolute atomic E-state index is 12.8. The Morgan fingerprint density at radius 1 is 1.03 bits per heavy atom. The van der Waals surface area contributed by atoms with Crippen LogP contribution in [0, 0.1) is 12.8 Å². The maximum Gasteiger partial charge on any atom is 0.341 e. The average Bonchev–Trinajstić information content (AvgIpc) is 3.32. The molecule has 1 saturated carbocycles. The van der Waals surface area contributed by atoms with Gasteiger partial charge in [0, 0.05) is 27.4 Å². The maximum atomic E-state index is 12.8. The van der Waals surface area contributed by atoms with Gasteiger partial charge < -0.3 is 15.4 Å². The minimum Gasteiger partial charge on any atom is -0.462 e. The van der Waals surface area contributed by atoms with Crippen molar-refractivity contribution in [2.45, 2.75) is 50.8 Å². The summed E-state index contributed by atoms with van der Waals surface area (Å²) >= 11 is 2.69. The summed E-state index contributed by atoms with van der Waals surface area (Å²) in [5, 5.41) is 8.28. The number of benzene rings is 2. The number of nitrogens with one attached hydrogen (secondary N) is 2. The molecule has 1 aliphatic rings. The first kappa shape index (κ1) is 26.9. The Bertz CT molecular complexity index is 1250. The number of carbonyl (C=O) groups is 3. The fraction of sp³-hybridized carbons (Fsp3) is 0.345. The predicted octanol–water partition coefficient (Wildman–Crippen LogP) is 7.15. The van der Waals surface area contributed by atoms with Crippen molar-refractivity contribution >= 4 is 51.6 Å². The first-order valence-electron chi connectivity index (χ1n) is 12.6. The Morgan fingerprint density at radius 2 is 1.78 bits per heavy atom. The molecule has 1 fully saturated rings. The first-order valence-corrected chi connectivity index (χ1v) is 14.5. The molecule has 37 heavy (non-hydrogen) atoms. The molecule has 1 aromatic heterocycles. The van der Waals surface area contributed by atoms with Crippen molar-refractivity contribution in [2.24, 2.45) is 5.92 Å². The second-order valence-electron chi connectivity index (χ2n) is 9.13. The zero-order valence-corrected chi connectivity index (χ0v) is 22.8. The van der Waals surface area contributed by atoms with Gasteiger partial charge in [0.2, 0.25) is 11.8 Å². The highest BCUT2D eigenvalue weighted by molar-refractivity contribution is 8.00. The molecule has 2 N–H and O–H groups in total. The molecule has 2 amide bonds. The summed E-state index contributed by atoms with van der Waals surface area (Å²) in [5.74, 6) is -0.346. The van der Waals surface area contributed by atoms with Crippen LogP contribution in [0.25, 0.3) is 11.1 Å². The molecular formula is C29H32N2O4S2. The molecule has 2 aromatic carbocycles. The van der Waals surface area contributed by atoms with Gasteiger partial charge in [-0.25, -0.2) is 4.79 Å². The molecule has 0 aliphatic heterocycles. The number of carbonyl (C=O) groups excluding carboxylic acids is 3. The summed E-state index contributed by atoms with van der Waals surface area (Å²) in [6.45, 7) is 4.02. The van der Waals surface area contributed by atoms with Crippen LogP contribution in [0.5, 0.6) is 0 Å². The van der Waals surface area contributed by atoms with Crippen molar-refractivity contribution in [3.63, 3.8) is 0 Å². The summed E-state index contributed by atoms with van der Waals surface area (Å²) in [6.07, 6.45) is 5.32. The standard InChI is InChI=1S/C29H32N2O4S2/c1-3-35-29(34)26-24(20-14-12-19(2)13-15-20)17-37-28(26)31-25(32)18-36-23-11-7-10-22(16-23)30-27(33)21-8-5-4-6-9-21/h7,10-17,21H,3-6,8-9,18H2,1-2H3,(H,30,33)(H,31,32). The quantitative estimate of drug-likeness (QED) is 0.224. The van der Waals surface area contributed by atoms with Crippen LogP contribution in [0.2, 0.25) is 0 Å². The van der Waals surface area contributed by atoms with E-state index in [1.165, 1.54) is 29.5 Å². The van der Waals surface area contributed by atoms with E-state index >= 15 is 0 Å². The Labute approximate surface area is 226 Å². The van der Waals surface area contributed by atoms with Crippen LogP contribution in [0.15, 0.2) is 58.8 Å². The van der Waals surface area contributed by atoms with Gasteiger partial charge in [0.05, 0.1) is 12.4 Å². The zero-order chi connectivity index (χ0) is 26.2. The number of thioether (sulfide) groups is 1. The molecule has 0 radical (unpaired) electrons. The normalized spacial score (nSPS) is 13.7. The van der Waals surface area contributed by atoms with Gasteiger partial charge in [-0.3, -0.25) is 9.59 Å². The van der Waals surface area contributed by atoms with Gasteiger partial charge >= 0.3 is 5.97 Å². The van der Waals surface area contributed by atoms with Gasteiger partial charge in [0.15, 0.2) is 0 Å². The van der Waals surface area contributed by atoms with Gasteiger partial charge in [-0.15, -0.1) is 23.1 Å². The lowest BCUT2D eigenvalue weighted by atomic mass is 9.88. The number of ether oxygens (including phenoxy) is 1. The summed E-state index contributed by atoms with van der Waals surface area (Å²) in [4.78, 5) is 39.1. The Hall–Kier alpha value is -3.10. The van der Waals surface area contributed by atoms with E-state index in [9.17, 15) is 14.4 Å². The first-order chi connectivity index (χ1) is 17.9. The number of amides is 2. The SMILES string of the molecule is CCOC(=O)c1c(-c2ccc(C)cc2)csc1NC(=O)CSc1cccc(NC(=O)C2CCCCC2)c1. The van der Waals surface area contributed by atoms with E-state index in [1.807, 2.05) is 60.8 Å². The Balaban J connectivity index is 1.40. The Kier molecular flexibility index (Phi) is 9.41. The second-order valence-corrected chi connectivity index (χ2v) is 11.1. The fourth-order valence-electron chi connectivity index (χ4n) is 4.39. The molecule has 0 unspecified atom stereocenters. The summed E-state index contributed by atoms with van der Waals surface area (Å²) in [5.41, 5.74) is 3.88. The average molecular weight is 537 g/mol. The van der Waals surface area contributed by atoms with Gasteiger partial charge in [-0.1, -0.05) is 55.2 Å². The van der Waals surface area contributed by atoms with E-state index in [1.54, 1.807) is 6.92 Å². The van der Waals surface area contributed by atoms with E-state index < -0.39 is 5.97 Å². The molecule has 194 valence electrons. The van der Waals surface area contributed by atoms with Crippen LogP contribution in [0.3, 0.4) is 0 Å². The topological polar surface area (TPSA) is 84.5 Å². The predicted molar refractivity (Wildman–Crippen MR) is 151 cm³/mol. The van der Waals surface area contributed by atoms with Crippen LogP contribution < -0.4 is 10.6 Å². The van der Waals surface area contributed by atoms with Crippen molar-refractivity contribution in [3.05, 3.63) is 65.0 Å². The smallest absolute Gasteiger partial charge is 0.341 e. The van der Waals surface area contributed by atoms with Crippen molar-refractivity contribution in [1.82, 2.24) is 0 Å². The lowest BCUT2D eigenvalue weighted by molar-refractivity contribution is -0.120. The van der Waals surface area contributed by atoms with Crippen LogP contribution in [-0.4, -0.2) is 30.1 Å². The van der Waals surface area contributed by atoms with E-state index in [4.69, 9.17) is 4.74 Å². The van der Waals surface area contributed by atoms with E-state index in [-0.39, 0.29) is 30.1 Å². The lowest BCUT2D eigenvalue weighted by Gasteiger charge is -2.20. The largest absolute Gasteiger partial charge is 0.462 e. The van der Waals surface area contributed by atoms with Crippen molar-refractivity contribution in [2.75, 3.05) is 23.0 Å². The third kappa shape index (κ3) is 7.23. The molecule has 1 aliphatic carbocycles. The lowest BCUT2D eigenvalue weighted by Crippen LogP contribution is -2.24. The highest BCUT2D eigenvalue weighted by Gasteiger charge is 2.23. The van der Waals surface area contributed by atoms with Crippen molar-refractivity contribution < 1.29 is 19.1 Å². The zero-order valence-electron chi connectivity index (χ0n) is 21.2. The second kappa shape index (κ2) is 12.9. The molecule has 0 spiro atoms. The Morgan fingerprint density at radius 3 is 2.51 bits per heavy atom. The molecule has 0 saturated heterocycles. The van der Waals surface area contributed by atoms with Crippen molar-refractivity contribution in [1.29, 1.82) is 0 Å². The van der Waals surface area contributed by atoms with Crippen LogP contribution in [0.1, 0.15) is 54.9 Å². The number of esters is 1.